The number of hydrogen-bond acceptors (Lipinski definition) is 3. The minimum Gasteiger partial charge on any atom is -0.465 e. The average Bonchev–Trinajstić information content (AvgIpc) is 2.67. The molecule has 0 saturated heterocycles. The lowest BCUT2D eigenvalue weighted by Gasteiger charge is -2.10. The maximum atomic E-state index is 11.8. The van der Waals surface area contributed by atoms with Crippen LogP contribution in [0, 0.1) is 0 Å². The molecule has 0 aliphatic carbocycles. The average molecular weight is 327 g/mol. The van der Waals surface area contributed by atoms with Gasteiger partial charge in [0, 0.05) is 18.0 Å². The molecule has 0 amide bonds. The van der Waals surface area contributed by atoms with E-state index in [4.69, 9.17) is 4.74 Å². The van der Waals surface area contributed by atoms with Crippen molar-refractivity contribution in [2.45, 2.75) is 6.42 Å². The van der Waals surface area contributed by atoms with Gasteiger partial charge >= 0.3 is 5.97 Å². The normalized spacial score (nSPS) is 10.9. The number of carbonyl (C=O) groups excluding carboxylic acids is 1. The summed E-state index contributed by atoms with van der Waals surface area (Å²) in [6.45, 7) is 0. The molecule has 0 aliphatic heterocycles. The van der Waals surface area contributed by atoms with Gasteiger partial charge in [-0.1, -0.05) is 48.5 Å². The zero-order chi connectivity index (χ0) is 17.2. The van der Waals surface area contributed by atoms with Crippen molar-refractivity contribution in [3.05, 3.63) is 89.7 Å². The van der Waals surface area contributed by atoms with Gasteiger partial charge in [0.25, 0.3) is 0 Å². The summed E-state index contributed by atoms with van der Waals surface area (Å²) >= 11 is 0. The van der Waals surface area contributed by atoms with Gasteiger partial charge in [-0.15, -0.1) is 0 Å². The van der Waals surface area contributed by atoms with E-state index in [1.807, 2.05) is 54.7 Å². The van der Waals surface area contributed by atoms with Gasteiger partial charge in [-0.25, -0.2) is 4.79 Å². The molecule has 0 atom stereocenters. The fourth-order valence-electron chi connectivity index (χ4n) is 3.25. The first-order valence-electron chi connectivity index (χ1n) is 8.19. The maximum Gasteiger partial charge on any atom is 0.337 e. The van der Waals surface area contributed by atoms with Crippen LogP contribution in [0.3, 0.4) is 0 Å². The fourth-order valence-corrected chi connectivity index (χ4v) is 3.25. The number of methoxy groups -OCH3 is 1. The number of benzene rings is 3. The van der Waals surface area contributed by atoms with Crippen molar-refractivity contribution in [2.24, 2.45) is 0 Å². The first kappa shape index (κ1) is 15.3. The standard InChI is InChI=1S/C22H17NO2/c1-25-22(24)18-9-10-19-17(14-18)8-7-16-11-12-23-20(21(16)19)13-15-5-3-2-4-6-15/h2-12,14H,13H2,1H3. The molecule has 25 heavy (non-hydrogen) atoms. The molecular weight excluding hydrogens is 310 g/mol. The molecule has 3 heteroatoms. The van der Waals surface area contributed by atoms with E-state index < -0.39 is 0 Å². The molecule has 0 spiro atoms. The van der Waals surface area contributed by atoms with Crippen molar-refractivity contribution in [1.82, 2.24) is 4.98 Å². The molecule has 0 aliphatic rings. The summed E-state index contributed by atoms with van der Waals surface area (Å²) in [4.78, 5) is 16.4. The second-order valence-electron chi connectivity index (χ2n) is 6.01. The number of nitrogens with zero attached hydrogens (tertiary/aromatic N) is 1. The monoisotopic (exact) mass is 327 g/mol. The van der Waals surface area contributed by atoms with Gasteiger partial charge in [-0.3, -0.25) is 4.98 Å². The zero-order valence-electron chi connectivity index (χ0n) is 13.9. The highest BCUT2D eigenvalue weighted by molar-refractivity contribution is 6.10. The highest BCUT2D eigenvalue weighted by Gasteiger charge is 2.11. The number of pyridine rings is 1. The van der Waals surface area contributed by atoms with Crippen molar-refractivity contribution in [3.8, 4) is 0 Å². The van der Waals surface area contributed by atoms with Crippen LogP contribution in [0.1, 0.15) is 21.6 Å². The van der Waals surface area contributed by atoms with Crippen LogP contribution in [0.2, 0.25) is 0 Å². The first-order valence-corrected chi connectivity index (χ1v) is 8.19. The SMILES string of the molecule is COC(=O)c1ccc2c(ccc3ccnc(Cc4ccccc4)c32)c1. The third-order valence-electron chi connectivity index (χ3n) is 4.46. The second kappa shape index (κ2) is 6.36. The van der Waals surface area contributed by atoms with Gasteiger partial charge in [-0.2, -0.15) is 0 Å². The predicted octanol–water partition coefficient (Wildman–Crippen LogP) is 4.77. The third-order valence-corrected chi connectivity index (χ3v) is 4.46. The Balaban J connectivity index is 1.91. The van der Waals surface area contributed by atoms with Crippen LogP contribution in [-0.4, -0.2) is 18.1 Å². The summed E-state index contributed by atoms with van der Waals surface area (Å²) < 4.78 is 4.82. The highest BCUT2D eigenvalue weighted by atomic mass is 16.5. The van der Waals surface area contributed by atoms with Gasteiger partial charge in [-0.05, 0) is 39.9 Å². The van der Waals surface area contributed by atoms with Crippen LogP contribution < -0.4 is 0 Å². The van der Waals surface area contributed by atoms with Crippen molar-refractivity contribution >= 4 is 27.5 Å². The number of esters is 1. The molecule has 122 valence electrons. The lowest BCUT2D eigenvalue weighted by atomic mass is 9.97. The molecule has 0 saturated carbocycles. The largest absolute Gasteiger partial charge is 0.465 e. The lowest BCUT2D eigenvalue weighted by Crippen LogP contribution is -2.01. The Morgan fingerprint density at radius 2 is 1.76 bits per heavy atom. The lowest BCUT2D eigenvalue weighted by molar-refractivity contribution is 0.0601. The number of rotatable bonds is 3. The van der Waals surface area contributed by atoms with Crippen molar-refractivity contribution in [2.75, 3.05) is 7.11 Å². The van der Waals surface area contributed by atoms with Crippen LogP contribution >= 0.6 is 0 Å². The van der Waals surface area contributed by atoms with Crippen LogP contribution in [-0.2, 0) is 11.2 Å². The quantitative estimate of drug-likeness (QED) is 0.402. The zero-order valence-corrected chi connectivity index (χ0v) is 13.9. The third kappa shape index (κ3) is 2.85. The number of ether oxygens (including phenoxy) is 1. The summed E-state index contributed by atoms with van der Waals surface area (Å²) in [7, 11) is 1.40. The predicted molar refractivity (Wildman–Crippen MR) is 99.8 cm³/mol. The molecule has 0 N–H and O–H groups in total. The van der Waals surface area contributed by atoms with E-state index in [2.05, 4.69) is 23.2 Å². The number of hydrogen-bond donors (Lipinski definition) is 0. The van der Waals surface area contributed by atoms with E-state index in [1.165, 1.54) is 12.7 Å². The molecule has 3 nitrogen and oxygen atoms in total. The van der Waals surface area contributed by atoms with E-state index in [-0.39, 0.29) is 5.97 Å². The highest BCUT2D eigenvalue weighted by Crippen LogP contribution is 2.29. The molecule has 0 radical (unpaired) electrons. The van der Waals surface area contributed by atoms with Crippen molar-refractivity contribution in [1.29, 1.82) is 0 Å². The van der Waals surface area contributed by atoms with Crippen LogP contribution in [0.4, 0.5) is 0 Å². The van der Waals surface area contributed by atoms with Gasteiger partial charge in [0.05, 0.1) is 18.4 Å². The summed E-state index contributed by atoms with van der Waals surface area (Å²) in [5.74, 6) is -0.322. The fraction of sp³-hybridized carbons (Fsp3) is 0.0909. The second-order valence-corrected chi connectivity index (χ2v) is 6.01. The Bertz CT molecular complexity index is 1070. The topological polar surface area (TPSA) is 39.2 Å². The molecule has 1 aromatic heterocycles. The number of aromatic nitrogens is 1. The molecule has 1 heterocycles. The van der Waals surface area contributed by atoms with Crippen LogP contribution in [0.25, 0.3) is 21.5 Å². The first-order chi connectivity index (χ1) is 12.3. The van der Waals surface area contributed by atoms with E-state index in [0.717, 1.165) is 33.7 Å². The minimum absolute atomic E-state index is 0.322. The van der Waals surface area contributed by atoms with Gasteiger partial charge in [0.15, 0.2) is 0 Å². The molecule has 0 fully saturated rings. The Labute approximate surface area is 145 Å². The summed E-state index contributed by atoms with van der Waals surface area (Å²) in [5.41, 5.74) is 2.83. The van der Waals surface area contributed by atoms with E-state index in [9.17, 15) is 4.79 Å². The van der Waals surface area contributed by atoms with Gasteiger partial charge < -0.3 is 4.74 Å². The Morgan fingerprint density at radius 1 is 0.960 bits per heavy atom. The Morgan fingerprint density at radius 3 is 2.56 bits per heavy atom. The summed E-state index contributed by atoms with van der Waals surface area (Å²) in [5, 5.41) is 4.40. The van der Waals surface area contributed by atoms with E-state index >= 15 is 0 Å². The molecule has 3 aromatic carbocycles. The van der Waals surface area contributed by atoms with Gasteiger partial charge in [0.2, 0.25) is 0 Å². The van der Waals surface area contributed by atoms with Crippen LogP contribution in [0.15, 0.2) is 72.9 Å². The molecule has 4 aromatic rings. The smallest absolute Gasteiger partial charge is 0.337 e. The minimum atomic E-state index is -0.322. The molecular formula is C22H17NO2. The van der Waals surface area contributed by atoms with Crippen LogP contribution in [0.5, 0.6) is 0 Å². The van der Waals surface area contributed by atoms with E-state index in [1.54, 1.807) is 0 Å². The Kier molecular flexibility index (Phi) is 3.90. The number of fused-ring (bicyclic) bond motifs is 3. The summed E-state index contributed by atoms with van der Waals surface area (Å²) in [6.07, 6.45) is 2.63. The van der Waals surface area contributed by atoms with E-state index in [0.29, 0.717) is 5.56 Å². The Hall–Kier alpha value is -3.20. The van der Waals surface area contributed by atoms with Crippen molar-refractivity contribution < 1.29 is 9.53 Å². The maximum absolute atomic E-state index is 11.8. The molecule has 4 rings (SSSR count). The summed E-state index contributed by atoms with van der Waals surface area (Å²) in [6, 6.07) is 22.1. The van der Waals surface area contributed by atoms with Crippen molar-refractivity contribution in [3.63, 3.8) is 0 Å². The van der Waals surface area contributed by atoms with Gasteiger partial charge in [0.1, 0.15) is 0 Å². The number of carbonyl (C=O) groups is 1. The molecule has 0 bridgehead atoms. The molecule has 0 unspecified atom stereocenters.